The highest BCUT2D eigenvalue weighted by Gasteiger charge is 2.54. The predicted octanol–water partition coefficient (Wildman–Crippen LogP) is 3.37. The molecule has 0 fully saturated rings. The molecule has 7 heteroatoms. The maximum atomic E-state index is 13.3. The molecule has 3 aromatic rings. The average Bonchev–Trinajstić information content (AvgIpc) is 3.08. The average molecular weight is 390 g/mol. The zero-order valence-corrected chi connectivity index (χ0v) is 16.3. The zero-order valence-electron chi connectivity index (χ0n) is 15.4. The third-order valence-corrected chi connectivity index (χ3v) is 6.66. The SMILES string of the molecule is Cc1ccc2c(c1)C1(SCC(=O)Nc3c1c(C)nn3-c1ccccc1)C(=O)N2. The first-order valence-electron chi connectivity index (χ1n) is 9.02. The number of carbonyl (C=O) groups is 2. The van der Waals surface area contributed by atoms with Gasteiger partial charge in [-0.15, -0.1) is 11.8 Å². The Kier molecular flexibility index (Phi) is 3.64. The molecule has 0 aliphatic carbocycles. The van der Waals surface area contributed by atoms with Crippen molar-refractivity contribution >= 4 is 35.1 Å². The molecular formula is C21H18N4O2S. The molecule has 2 aliphatic heterocycles. The Hall–Kier alpha value is -3.06. The summed E-state index contributed by atoms with van der Waals surface area (Å²) in [5.74, 6) is 0.466. The predicted molar refractivity (Wildman–Crippen MR) is 110 cm³/mol. The van der Waals surface area contributed by atoms with Gasteiger partial charge in [-0.2, -0.15) is 5.10 Å². The topological polar surface area (TPSA) is 76.0 Å². The first-order chi connectivity index (χ1) is 13.5. The minimum absolute atomic E-state index is 0.133. The molecule has 5 rings (SSSR count). The third-order valence-electron chi connectivity index (χ3n) is 5.21. The van der Waals surface area contributed by atoms with E-state index in [9.17, 15) is 9.59 Å². The largest absolute Gasteiger partial charge is 0.324 e. The summed E-state index contributed by atoms with van der Waals surface area (Å²) >= 11 is 1.35. The molecule has 2 amide bonds. The van der Waals surface area contributed by atoms with Gasteiger partial charge in [-0.1, -0.05) is 35.9 Å². The summed E-state index contributed by atoms with van der Waals surface area (Å²) < 4.78 is 0.713. The van der Waals surface area contributed by atoms with Gasteiger partial charge in [-0.25, -0.2) is 4.68 Å². The normalized spacial score (nSPS) is 20.4. The van der Waals surface area contributed by atoms with Crippen LogP contribution in [-0.2, 0) is 14.3 Å². The van der Waals surface area contributed by atoms with Crippen molar-refractivity contribution in [2.45, 2.75) is 18.6 Å². The summed E-state index contributed by atoms with van der Waals surface area (Å²) in [5, 5.41) is 10.7. The number of benzene rings is 2. The van der Waals surface area contributed by atoms with E-state index >= 15 is 0 Å². The Bertz CT molecular complexity index is 1140. The van der Waals surface area contributed by atoms with E-state index in [1.807, 2.05) is 62.4 Å². The number of aromatic nitrogens is 2. The molecule has 2 N–H and O–H groups in total. The van der Waals surface area contributed by atoms with Crippen molar-refractivity contribution in [1.82, 2.24) is 9.78 Å². The van der Waals surface area contributed by atoms with Crippen molar-refractivity contribution in [3.8, 4) is 5.69 Å². The quantitative estimate of drug-likeness (QED) is 0.668. The fraction of sp³-hybridized carbons (Fsp3) is 0.190. The van der Waals surface area contributed by atoms with Gasteiger partial charge in [0.25, 0.3) is 0 Å². The fourth-order valence-electron chi connectivity index (χ4n) is 4.02. The maximum absolute atomic E-state index is 13.3. The summed E-state index contributed by atoms with van der Waals surface area (Å²) in [4.78, 5) is 25.9. The van der Waals surface area contributed by atoms with E-state index < -0.39 is 4.75 Å². The van der Waals surface area contributed by atoms with E-state index in [1.165, 1.54) is 11.8 Å². The third kappa shape index (κ3) is 2.26. The fourth-order valence-corrected chi connectivity index (χ4v) is 5.33. The lowest BCUT2D eigenvalue weighted by Crippen LogP contribution is -2.33. The highest BCUT2D eigenvalue weighted by molar-refractivity contribution is 8.01. The molecular weight excluding hydrogens is 372 g/mol. The molecule has 0 bridgehead atoms. The number of nitrogens with one attached hydrogen (secondary N) is 2. The lowest BCUT2D eigenvalue weighted by molar-refractivity contribution is -0.117. The van der Waals surface area contributed by atoms with Crippen LogP contribution in [0.25, 0.3) is 5.69 Å². The first-order valence-corrected chi connectivity index (χ1v) is 10.0. The minimum atomic E-state index is -1.01. The maximum Gasteiger partial charge on any atom is 0.250 e. The molecule has 2 aromatic carbocycles. The van der Waals surface area contributed by atoms with Gasteiger partial charge in [0.2, 0.25) is 11.8 Å². The molecule has 1 unspecified atom stereocenters. The number of para-hydroxylation sites is 1. The van der Waals surface area contributed by atoms with Crippen LogP contribution in [0.3, 0.4) is 0 Å². The number of thioether (sulfide) groups is 1. The Morgan fingerprint density at radius 3 is 2.64 bits per heavy atom. The standard InChI is InChI=1S/C21H18N4O2S/c1-12-8-9-16-15(10-12)21(20(27)22-16)18-13(2)24-25(14-6-4-3-5-7-14)19(18)23-17(26)11-28-21/h3-10H,11H2,1-2H3,(H,22,27)(H,23,26). The number of amides is 2. The van der Waals surface area contributed by atoms with Crippen LogP contribution in [0, 0.1) is 13.8 Å². The van der Waals surface area contributed by atoms with Crippen LogP contribution in [-0.4, -0.2) is 27.3 Å². The van der Waals surface area contributed by atoms with Gasteiger partial charge in [-0.3, -0.25) is 9.59 Å². The van der Waals surface area contributed by atoms with E-state index in [-0.39, 0.29) is 17.6 Å². The van der Waals surface area contributed by atoms with Gasteiger partial charge in [0.1, 0.15) is 5.82 Å². The van der Waals surface area contributed by atoms with E-state index in [1.54, 1.807) is 4.68 Å². The minimum Gasteiger partial charge on any atom is -0.324 e. The van der Waals surface area contributed by atoms with Crippen molar-refractivity contribution < 1.29 is 9.59 Å². The molecule has 0 saturated heterocycles. The lowest BCUT2D eigenvalue weighted by Gasteiger charge is -2.25. The van der Waals surface area contributed by atoms with Gasteiger partial charge < -0.3 is 10.6 Å². The second-order valence-electron chi connectivity index (χ2n) is 7.08. The Morgan fingerprint density at radius 1 is 1.07 bits per heavy atom. The number of rotatable bonds is 1. The van der Waals surface area contributed by atoms with Crippen LogP contribution < -0.4 is 10.6 Å². The Labute approximate surface area is 166 Å². The molecule has 1 atom stereocenters. The van der Waals surface area contributed by atoms with Crippen LogP contribution >= 0.6 is 11.8 Å². The number of anilines is 2. The molecule has 28 heavy (non-hydrogen) atoms. The van der Waals surface area contributed by atoms with Crippen LogP contribution in [0.4, 0.5) is 11.5 Å². The van der Waals surface area contributed by atoms with E-state index in [4.69, 9.17) is 5.10 Å². The van der Waals surface area contributed by atoms with Crippen LogP contribution in [0.5, 0.6) is 0 Å². The van der Waals surface area contributed by atoms with Gasteiger partial charge in [0.05, 0.1) is 17.1 Å². The molecule has 1 aromatic heterocycles. The number of hydrogen-bond acceptors (Lipinski definition) is 4. The number of fused-ring (bicyclic) bond motifs is 4. The molecule has 140 valence electrons. The second-order valence-corrected chi connectivity index (χ2v) is 8.27. The molecule has 0 radical (unpaired) electrons. The van der Waals surface area contributed by atoms with Crippen LogP contribution in [0.1, 0.15) is 22.4 Å². The van der Waals surface area contributed by atoms with Crippen molar-refractivity contribution in [1.29, 1.82) is 0 Å². The van der Waals surface area contributed by atoms with Crippen LogP contribution in [0.15, 0.2) is 48.5 Å². The first kappa shape index (κ1) is 17.1. The van der Waals surface area contributed by atoms with Crippen molar-refractivity contribution in [2.75, 3.05) is 16.4 Å². The van der Waals surface area contributed by atoms with Crippen molar-refractivity contribution in [3.05, 3.63) is 70.9 Å². The van der Waals surface area contributed by atoms with Gasteiger partial charge in [0.15, 0.2) is 4.75 Å². The summed E-state index contributed by atoms with van der Waals surface area (Å²) in [6.07, 6.45) is 0. The van der Waals surface area contributed by atoms with Gasteiger partial charge >= 0.3 is 0 Å². The highest BCUT2D eigenvalue weighted by Crippen LogP contribution is 2.55. The van der Waals surface area contributed by atoms with Crippen molar-refractivity contribution in [2.24, 2.45) is 0 Å². The molecule has 2 aliphatic rings. The summed E-state index contributed by atoms with van der Waals surface area (Å²) in [5.41, 5.74) is 5.03. The monoisotopic (exact) mass is 390 g/mol. The van der Waals surface area contributed by atoms with Crippen molar-refractivity contribution in [3.63, 3.8) is 0 Å². The number of aryl methyl sites for hydroxylation is 2. The van der Waals surface area contributed by atoms with E-state index in [0.717, 1.165) is 33.8 Å². The Morgan fingerprint density at radius 2 is 1.86 bits per heavy atom. The zero-order chi connectivity index (χ0) is 19.5. The molecule has 1 spiro atoms. The Balaban J connectivity index is 1.84. The van der Waals surface area contributed by atoms with E-state index in [2.05, 4.69) is 10.6 Å². The number of carbonyl (C=O) groups excluding carboxylic acids is 2. The van der Waals surface area contributed by atoms with E-state index in [0.29, 0.717) is 5.82 Å². The van der Waals surface area contributed by atoms with Crippen LogP contribution in [0.2, 0.25) is 0 Å². The van der Waals surface area contributed by atoms with Gasteiger partial charge in [-0.05, 0) is 32.0 Å². The summed E-state index contributed by atoms with van der Waals surface area (Å²) in [6.45, 7) is 3.89. The second kappa shape index (κ2) is 5.97. The molecule has 3 heterocycles. The number of hydrogen-bond donors (Lipinski definition) is 2. The molecule has 6 nitrogen and oxygen atoms in total. The lowest BCUT2D eigenvalue weighted by atomic mass is 9.90. The summed E-state index contributed by atoms with van der Waals surface area (Å²) in [7, 11) is 0. The summed E-state index contributed by atoms with van der Waals surface area (Å²) in [6, 6.07) is 15.5. The molecule has 0 saturated carbocycles. The highest BCUT2D eigenvalue weighted by atomic mass is 32.2. The smallest absolute Gasteiger partial charge is 0.250 e. The number of nitrogens with zero attached hydrogens (tertiary/aromatic N) is 2. The van der Waals surface area contributed by atoms with Gasteiger partial charge in [0, 0.05) is 16.8 Å².